The SMILES string of the molecule is COc1cccc2cc(C(=O)OCC(=O)Nc3ccccc3Cl)c(=O)oc12. The van der Waals surface area contributed by atoms with Gasteiger partial charge in [-0.2, -0.15) is 0 Å². The molecular weight excluding hydrogens is 374 g/mol. The number of amides is 1. The Morgan fingerprint density at radius 2 is 1.93 bits per heavy atom. The van der Waals surface area contributed by atoms with Gasteiger partial charge in [0.25, 0.3) is 5.91 Å². The van der Waals surface area contributed by atoms with Gasteiger partial charge in [0.2, 0.25) is 0 Å². The molecule has 3 aromatic rings. The average molecular weight is 388 g/mol. The molecule has 0 unspecified atom stereocenters. The van der Waals surface area contributed by atoms with E-state index in [0.717, 1.165) is 0 Å². The number of nitrogens with one attached hydrogen (secondary N) is 1. The van der Waals surface area contributed by atoms with Crippen LogP contribution in [0.1, 0.15) is 10.4 Å². The van der Waals surface area contributed by atoms with Gasteiger partial charge in [0, 0.05) is 5.39 Å². The van der Waals surface area contributed by atoms with Crippen molar-refractivity contribution in [3.63, 3.8) is 0 Å². The number of fused-ring (bicyclic) bond motifs is 1. The Balaban J connectivity index is 1.73. The number of anilines is 1. The smallest absolute Gasteiger partial charge is 0.351 e. The normalized spacial score (nSPS) is 10.4. The molecule has 0 bridgehead atoms. The van der Waals surface area contributed by atoms with Gasteiger partial charge in [0.15, 0.2) is 17.9 Å². The summed E-state index contributed by atoms with van der Waals surface area (Å²) in [4.78, 5) is 36.2. The first-order valence-corrected chi connectivity index (χ1v) is 8.20. The largest absolute Gasteiger partial charge is 0.493 e. The molecule has 0 atom stereocenters. The average Bonchev–Trinajstić information content (AvgIpc) is 2.67. The number of carbonyl (C=O) groups is 2. The van der Waals surface area contributed by atoms with E-state index < -0.39 is 24.1 Å². The van der Waals surface area contributed by atoms with Crippen molar-refractivity contribution < 1.29 is 23.5 Å². The van der Waals surface area contributed by atoms with E-state index >= 15 is 0 Å². The molecular formula is C19H14ClNO6. The van der Waals surface area contributed by atoms with Gasteiger partial charge in [0.1, 0.15) is 5.56 Å². The highest BCUT2D eigenvalue weighted by Crippen LogP contribution is 2.24. The molecule has 1 aromatic heterocycles. The highest BCUT2D eigenvalue weighted by molar-refractivity contribution is 6.33. The number of methoxy groups -OCH3 is 1. The molecule has 0 aliphatic rings. The Bertz CT molecular complexity index is 1080. The van der Waals surface area contributed by atoms with Gasteiger partial charge >= 0.3 is 11.6 Å². The Labute approximate surface area is 158 Å². The van der Waals surface area contributed by atoms with E-state index in [0.29, 0.717) is 21.8 Å². The first kappa shape index (κ1) is 18.5. The highest BCUT2D eigenvalue weighted by atomic mass is 35.5. The molecule has 2 aromatic carbocycles. The monoisotopic (exact) mass is 387 g/mol. The van der Waals surface area contributed by atoms with Crippen LogP contribution in [0, 0.1) is 0 Å². The van der Waals surface area contributed by atoms with E-state index in [-0.39, 0.29) is 11.1 Å². The maximum atomic E-state index is 12.2. The van der Waals surface area contributed by atoms with E-state index in [4.69, 9.17) is 25.5 Å². The maximum absolute atomic E-state index is 12.2. The van der Waals surface area contributed by atoms with Crippen molar-refractivity contribution in [1.29, 1.82) is 0 Å². The maximum Gasteiger partial charge on any atom is 0.351 e. The predicted octanol–water partition coefficient (Wildman–Crippen LogP) is 3.25. The summed E-state index contributed by atoms with van der Waals surface area (Å²) in [6.45, 7) is -0.584. The number of hydrogen-bond donors (Lipinski definition) is 1. The number of para-hydroxylation sites is 2. The topological polar surface area (TPSA) is 94.8 Å². The molecule has 0 fully saturated rings. The van der Waals surface area contributed by atoms with Crippen LogP contribution in [0.2, 0.25) is 5.02 Å². The van der Waals surface area contributed by atoms with Crippen molar-refractivity contribution in [1.82, 2.24) is 0 Å². The highest BCUT2D eigenvalue weighted by Gasteiger charge is 2.18. The molecule has 27 heavy (non-hydrogen) atoms. The van der Waals surface area contributed by atoms with Crippen LogP contribution in [0.4, 0.5) is 5.69 Å². The van der Waals surface area contributed by atoms with Crippen LogP contribution < -0.4 is 15.7 Å². The predicted molar refractivity (Wildman–Crippen MR) is 99.4 cm³/mol. The fourth-order valence-electron chi connectivity index (χ4n) is 2.38. The molecule has 0 saturated carbocycles. The first-order chi connectivity index (χ1) is 13.0. The van der Waals surface area contributed by atoms with E-state index in [1.807, 2.05) is 0 Å². The minimum absolute atomic E-state index is 0.220. The van der Waals surface area contributed by atoms with Crippen molar-refractivity contribution in [3.8, 4) is 5.75 Å². The number of benzene rings is 2. The second-order valence-corrected chi connectivity index (χ2v) is 5.84. The lowest BCUT2D eigenvalue weighted by Crippen LogP contribution is -2.23. The third-order valence-corrected chi connectivity index (χ3v) is 3.98. The van der Waals surface area contributed by atoms with Gasteiger partial charge in [-0.15, -0.1) is 0 Å². The Morgan fingerprint density at radius 1 is 1.15 bits per heavy atom. The fourth-order valence-corrected chi connectivity index (χ4v) is 2.56. The molecule has 0 saturated heterocycles. The summed E-state index contributed by atoms with van der Waals surface area (Å²) in [5.41, 5.74) is -0.597. The van der Waals surface area contributed by atoms with Gasteiger partial charge < -0.3 is 19.2 Å². The van der Waals surface area contributed by atoms with E-state index in [1.165, 1.54) is 13.2 Å². The van der Waals surface area contributed by atoms with Gasteiger partial charge in [-0.1, -0.05) is 35.9 Å². The number of carbonyl (C=O) groups excluding carboxylic acids is 2. The number of ether oxygens (including phenoxy) is 2. The zero-order valence-electron chi connectivity index (χ0n) is 14.2. The van der Waals surface area contributed by atoms with Crippen LogP contribution in [0.5, 0.6) is 5.75 Å². The Hall–Kier alpha value is -3.32. The molecule has 8 heteroatoms. The van der Waals surface area contributed by atoms with Crippen molar-refractivity contribution in [3.05, 3.63) is 69.5 Å². The first-order valence-electron chi connectivity index (χ1n) is 7.82. The number of rotatable bonds is 5. The second-order valence-electron chi connectivity index (χ2n) is 5.43. The number of esters is 1. The lowest BCUT2D eigenvalue weighted by Gasteiger charge is -2.08. The molecule has 1 heterocycles. The van der Waals surface area contributed by atoms with Crippen molar-refractivity contribution in [2.75, 3.05) is 19.0 Å². The van der Waals surface area contributed by atoms with Crippen LogP contribution >= 0.6 is 11.6 Å². The van der Waals surface area contributed by atoms with Crippen LogP contribution in [0.25, 0.3) is 11.0 Å². The van der Waals surface area contributed by atoms with Crippen molar-refractivity contribution >= 4 is 40.1 Å². The minimum atomic E-state index is -0.970. The van der Waals surface area contributed by atoms with E-state index in [9.17, 15) is 14.4 Å². The van der Waals surface area contributed by atoms with Crippen LogP contribution in [-0.2, 0) is 9.53 Å². The van der Waals surface area contributed by atoms with E-state index in [1.54, 1.807) is 42.5 Å². The van der Waals surface area contributed by atoms with Crippen molar-refractivity contribution in [2.24, 2.45) is 0 Å². The summed E-state index contributed by atoms with van der Waals surface area (Å²) >= 11 is 5.94. The lowest BCUT2D eigenvalue weighted by atomic mass is 10.2. The third-order valence-electron chi connectivity index (χ3n) is 3.65. The summed E-state index contributed by atoms with van der Waals surface area (Å²) in [6, 6.07) is 12.9. The quantitative estimate of drug-likeness (QED) is 0.533. The van der Waals surface area contributed by atoms with Crippen molar-refractivity contribution in [2.45, 2.75) is 0 Å². The van der Waals surface area contributed by atoms with Crippen LogP contribution in [0.15, 0.2) is 57.7 Å². The van der Waals surface area contributed by atoms with Crippen LogP contribution in [-0.4, -0.2) is 25.6 Å². The molecule has 1 N–H and O–H groups in total. The summed E-state index contributed by atoms with van der Waals surface area (Å²) in [5, 5.41) is 3.35. The Morgan fingerprint density at radius 3 is 2.67 bits per heavy atom. The summed E-state index contributed by atoms with van der Waals surface area (Å²) in [5.74, 6) is -1.20. The standard InChI is InChI=1S/C19H14ClNO6/c1-25-15-8-4-5-11-9-12(19(24)27-17(11)15)18(23)26-10-16(22)21-14-7-3-2-6-13(14)20/h2-9H,10H2,1H3,(H,21,22). The molecule has 0 aliphatic heterocycles. The van der Waals surface area contributed by atoms with Gasteiger partial charge in [-0.3, -0.25) is 4.79 Å². The summed E-state index contributed by atoms with van der Waals surface area (Å²) in [6.07, 6.45) is 0. The number of hydrogen-bond acceptors (Lipinski definition) is 6. The zero-order chi connectivity index (χ0) is 19.4. The summed E-state index contributed by atoms with van der Waals surface area (Å²) in [7, 11) is 1.44. The fraction of sp³-hybridized carbons (Fsp3) is 0.105. The van der Waals surface area contributed by atoms with Gasteiger partial charge in [0.05, 0.1) is 17.8 Å². The van der Waals surface area contributed by atoms with E-state index in [2.05, 4.69) is 5.32 Å². The third kappa shape index (κ3) is 4.09. The molecule has 138 valence electrons. The minimum Gasteiger partial charge on any atom is -0.493 e. The molecule has 0 spiro atoms. The molecule has 3 rings (SSSR count). The lowest BCUT2D eigenvalue weighted by molar-refractivity contribution is -0.119. The molecule has 0 aliphatic carbocycles. The summed E-state index contributed by atoms with van der Waals surface area (Å²) < 4.78 is 15.2. The molecule has 1 amide bonds. The van der Waals surface area contributed by atoms with Crippen LogP contribution in [0.3, 0.4) is 0 Å². The molecule has 0 radical (unpaired) electrons. The van der Waals surface area contributed by atoms with Gasteiger partial charge in [-0.25, -0.2) is 9.59 Å². The van der Waals surface area contributed by atoms with Gasteiger partial charge in [-0.05, 0) is 24.3 Å². The number of halogens is 1. The zero-order valence-corrected chi connectivity index (χ0v) is 14.9. The Kier molecular flexibility index (Phi) is 5.42. The molecule has 7 nitrogen and oxygen atoms in total. The second kappa shape index (κ2) is 7.92.